The number of carbonyl (C=O) groups is 4. The van der Waals surface area contributed by atoms with Gasteiger partial charge in [0.2, 0.25) is 5.78 Å². The smallest absolute Gasteiger partial charge is 0.337 e. The fourth-order valence-corrected chi connectivity index (χ4v) is 7.34. The number of ether oxygens (including phenoxy) is 1. The summed E-state index contributed by atoms with van der Waals surface area (Å²) in [4.78, 5) is 54.7. The fraction of sp³-hybridized carbons (Fsp3) is 0.412. The molecule has 2 aromatic rings. The number of amides is 1. The van der Waals surface area contributed by atoms with E-state index in [0.717, 1.165) is 11.3 Å². The van der Waals surface area contributed by atoms with Gasteiger partial charge < -0.3 is 35.8 Å². The molecule has 6 N–H and O–H groups in total. The first kappa shape index (κ1) is 32.7. The third-order valence-corrected chi connectivity index (χ3v) is 9.54. The molecule has 0 aliphatic heterocycles. The van der Waals surface area contributed by atoms with Crippen molar-refractivity contribution in [3.05, 3.63) is 75.1 Å². The van der Waals surface area contributed by atoms with Crippen molar-refractivity contribution in [1.82, 2.24) is 4.90 Å². The summed E-state index contributed by atoms with van der Waals surface area (Å²) in [6.07, 6.45) is 1.91. The number of aromatic hydroxyl groups is 1. The second kappa shape index (κ2) is 11.9. The zero-order valence-electron chi connectivity index (χ0n) is 26.5. The zero-order chi connectivity index (χ0) is 33.8. The topological polar surface area (TPSA) is 191 Å². The van der Waals surface area contributed by atoms with Crippen LogP contribution in [-0.2, 0) is 38.4 Å². The quantitative estimate of drug-likeness (QED) is 0.211. The molecule has 3 aliphatic rings. The number of likely N-dealkylation sites (N-methyl/N-ethyl adjacent to an activating group) is 1. The number of nitrogens with two attached hydrogens (primary N) is 1. The molecule has 12 nitrogen and oxygen atoms in total. The van der Waals surface area contributed by atoms with Crippen LogP contribution in [0, 0.1) is 11.8 Å². The Morgan fingerprint density at radius 2 is 1.70 bits per heavy atom. The zero-order valence-corrected chi connectivity index (χ0v) is 26.5. The van der Waals surface area contributed by atoms with E-state index < -0.39 is 64.0 Å². The number of esters is 1. The molecule has 0 bridgehead atoms. The van der Waals surface area contributed by atoms with Crippen LogP contribution in [0.25, 0.3) is 5.76 Å². The van der Waals surface area contributed by atoms with Crippen molar-refractivity contribution in [2.24, 2.45) is 17.6 Å². The van der Waals surface area contributed by atoms with E-state index >= 15 is 0 Å². The number of nitrogens with zero attached hydrogens (tertiary/aromatic N) is 2. The maximum Gasteiger partial charge on any atom is 0.337 e. The number of rotatable bonds is 8. The van der Waals surface area contributed by atoms with E-state index in [9.17, 15) is 39.6 Å². The molecule has 5 rings (SSSR count). The normalized spacial score (nSPS) is 24.0. The lowest BCUT2D eigenvalue weighted by Gasteiger charge is -2.50. The molecule has 1 amide bonds. The summed E-state index contributed by atoms with van der Waals surface area (Å²) >= 11 is 0. The van der Waals surface area contributed by atoms with Crippen molar-refractivity contribution in [1.29, 1.82) is 0 Å². The Bertz CT molecular complexity index is 1710. The Morgan fingerprint density at radius 3 is 2.26 bits per heavy atom. The van der Waals surface area contributed by atoms with Gasteiger partial charge in [0.1, 0.15) is 22.8 Å². The minimum Gasteiger partial charge on any atom is -0.508 e. The highest BCUT2D eigenvalue weighted by molar-refractivity contribution is 6.24. The first-order valence-corrected chi connectivity index (χ1v) is 15.0. The predicted molar refractivity (Wildman–Crippen MR) is 168 cm³/mol. The Kier molecular flexibility index (Phi) is 8.47. The van der Waals surface area contributed by atoms with Crippen LogP contribution >= 0.6 is 0 Å². The van der Waals surface area contributed by atoms with Crippen LogP contribution in [0.3, 0.4) is 0 Å². The average molecular weight is 634 g/mol. The van der Waals surface area contributed by atoms with E-state index in [0.29, 0.717) is 36.0 Å². The standard InChI is InChI=1S/C34H39N3O9/c1-36(2)22-15-18(8-6-7-16-9-11-17(12-10-16)33(44)46-5)27(38)24-20(22)13-19-14-21-26(37(3)4)29(40)25(32(35)43)31(42)34(21,45)30(41)23(19)28(24)39/h9-12,15,19,21,26,38-39,42,45H,6-8,13-14H2,1-5H3,(H2,35,43)/t19?,21?,26-,34+/m1/s1. The number of benzene rings is 2. The van der Waals surface area contributed by atoms with Crippen LogP contribution < -0.4 is 10.6 Å². The molecular formula is C34H39N3O9. The van der Waals surface area contributed by atoms with E-state index in [4.69, 9.17) is 10.5 Å². The van der Waals surface area contributed by atoms with Gasteiger partial charge in [-0.3, -0.25) is 19.3 Å². The maximum absolute atomic E-state index is 14.2. The van der Waals surface area contributed by atoms with Gasteiger partial charge in [0.25, 0.3) is 5.91 Å². The number of fused-ring (bicyclic) bond motifs is 3. The Labute approximate surface area is 266 Å². The van der Waals surface area contributed by atoms with E-state index in [-0.39, 0.29) is 29.7 Å². The van der Waals surface area contributed by atoms with Crippen LogP contribution in [0.1, 0.15) is 45.5 Å². The van der Waals surface area contributed by atoms with Gasteiger partial charge in [-0.15, -0.1) is 0 Å². The first-order valence-electron chi connectivity index (χ1n) is 15.0. The molecule has 4 atom stereocenters. The van der Waals surface area contributed by atoms with Gasteiger partial charge >= 0.3 is 5.97 Å². The molecule has 12 heteroatoms. The van der Waals surface area contributed by atoms with Gasteiger partial charge in [-0.2, -0.15) is 0 Å². The number of phenolic OH excluding ortho intramolecular Hbond substituents is 1. The lowest BCUT2D eigenvalue weighted by Crippen LogP contribution is -2.65. The van der Waals surface area contributed by atoms with Crippen LogP contribution in [0.15, 0.2) is 47.2 Å². The second-order valence-electron chi connectivity index (χ2n) is 12.7. The van der Waals surface area contributed by atoms with Crippen molar-refractivity contribution in [2.75, 3.05) is 40.2 Å². The van der Waals surface area contributed by atoms with E-state index in [1.807, 2.05) is 37.2 Å². The number of Topliss-reactive ketones (excluding diaryl/α,β-unsaturated/α-hetero) is 2. The van der Waals surface area contributed by atoms with Gasteiger partial charge in [0, 0.05) is 31.3 Å². The molecule has 244 valence electrons. The molecule has 0 spiro atoms. The number of ketones is 2. The number of aryl methyl sites for hydroxylation is 2. The Morgan fingerprint density at radius 1 is 1.04 bits per heavy atom. The number of hydrogen-bond donors (Lipinski definition) is 5. The van der Waals surface area contributed by atoms with Gasteiger partial charge in [0.15, 0.2) is 11.4 Å². The van der Waals surface area contributed by atoms with Gasteiger partial charge in [-0.05, 0) is 87.0 Å². The number of hydrogen-bond acceptors (Lipinski definition) is 11. The summed E-state index contributed by atoms with van der Waals surface area (Å²) in [6, 6.07) is 7.75. The molecule has 0 heterocycles. The monoisotopic (exact) mass is 633 g/mol. The van der Waals surface area contributed by atoms with Crippen molar-refractivity contribution in [3.63, 3.8) is 0 Å². The number of aliphatic hydroxyl groups excluding tert-OH is 2. The number of methoxy groups -OCH3 is 1. The largest absolute Gasteiger partial charge is 0.508 e. The van der Waals surface area contributed by atoms with Gasteiger partial charge in [-0.1, -0.05) is 12.1 Å². The maximum atomic E-state index is 14.2. The molecule has 3 aliphatic carbocycles. The molecule has 0 saturated heterocycles. The molecule has 46 heavy (non-hydrogen) atoms. The molecule has 2 unspecified atom stereocenters. The lowest BCUT2D eigenvalue weighted by atomic mass is 9.57. The number of aliphatic hydroxyl groups is 3. The first-order chi connectivity index (χ1) is 21.6. The van der Waals surface area contributed by atoms with E-state index in [1.54, 1.807) is 26.2 Å². The molecule has 0 radical (unpaired) electrons. The van der Waals surface area contributed by atoms with Crippen molar-refractivity contribution >= 4 is 34.9 Å². The highest BCUT2D eigenvalue weighted by Gasteiger charge is 2.64. The highest BCUT2D eigenvalue weighted by Crippen LogP contribution is 2.54. The average Bonchev–Trinajstić information content (AvgIpc) is 2.99. The number of anilines is 1. The summed E-state index contributed by atoms with van der Waals surface area (Å²) in [5.41, 5.74) is 5.05. The Hall–Kier alpha value is -4.68. The summed E-state index contributed by atoms with van der Waals surface area (Å²) in [7, 11) is 8.11. The third-order valence-electron chi connectivity index (χ3n) is 9.54. The molecular weight excluding hydrogens is 594 g/mol. The van der Waals surface area contributed by atoms with Crippen LogP contribution in [-0.4, -0.2) is 95.7 Å². The number of phenols is 1. The summed E-state index contributed by atoms with van der Waals surface area (Å²) in [5.74, 6) is -7.15. The Balaban J connectivity index is 1.55. The molecule has 0 aromatic heterocycles. The highest BCUT2D eigenvalue weighted by atomic mass is 16.5. The third kappa shape index (κ3) is 5.01. The summed E-state index contributed by atoms with van der Waals surface area (Å²) < 4.78 is 4.74. The number of primary amides is 1. The predicted octanol–water partition coefficient (Wildman–Crippen LogP) is 1.99. The SMILES string of the molecule is COC(=O)c1ccc(CCCc2cc(N(C)C)c3c(c2O)C(O)=C2C(=O)[C@]4(O)C(O)=C(C(N)=O)C(=O)[C@H](N(C)C)C4CC2C3)cc1. The summed E-state index contributed by atoms with van der Waals surface area (Å²) in [6.45, 7) is 0. The van der Waals surface area contributed by atoms with E-state index in [1.165, 1.54) is 12.0 Å². The van der Waals surface area contributed by atoms with Gasteiger partial charge in [0.05, 0.1) is 24.3 Å². The van der Waals surface area contributed by atoms with Crippen molar-refractivity contribution < 1.29 is 44.3 Å². The molecule has 1 fully saturated rings. The molecule has 2 aromatic carbocycles. The summed E-state index contributed by atoms with van der Waals surface area (Å²) in [5, 5.41) is 46.1. The number of carbonyl (C=O) groups excluding carboxylic acids is 4. The van der Waals surface area contributed by atoms with Gasteiger partial charge in [-0.25, -0.2) is 4.79 Å². The van der Waals surface area contributed by atoms with Crippen LogP contribution in [0.4, 0.5) is 5.69 Å². The molecule has 1 saturated carbocycles. The van der Waals surface area contributed by atoms with E-state index in [2.05, 4.69) is 0 Å². The van der Waals surface area contributed by atoms with Crippen molar-refractivity contribution in [2.45, 2.75) is 43.7 Å². The van der Waals surface area contributed by atoms with Crippen LogP contribution in [0.5, 0.6) is 5.75 Å². The minimum absolute atomic E-state index is 0.0237. The van der Waals surface area contributed by atoms with Crippen molar-refractivity contribution in [3.8, 4) is 5.75 Å². The second-order valence-corrected chi connectivity index (χ2v) is 12.7. The fourth-order valence-electron chi connectivity index (χ4n) is 7.34. The minimum atomic E-state index is -2.69. The van der Waals surface area contributed by atoms with Crippen LogP contribution in [0.2, 0.25) is 0 Å². The lowest BCUT2D eigenvalue weighted by molar-refractivity contribution is -0.153.